The van der Waals surface area contributed by atoms with Gasteiger partial charge in [0.25, 0.3) is 0 Å². The lowest BCUT2D eigenvalue weighted by Crippen LogP contribution is -2.15. The maximum atomic E-state index is 4.68. The Morgan fingerprint density at radius 2 is 0.980 bits per heavy atom. The van der Waals surface area contributed by atoms with Crippen LogP contribution in [-0.2, 0) is 5.41 Å². The molecule has 1 aliphatic rings. The van der Waals surface area contributed by atoms with Crippen molar-refractivity contribution in [3.8, 4) is 50.2 Å². The molecular weight excluding hydrogens is 605 g/mol. The Morgan fingerprint density at radius 3 is 1.66 bits per heavy atom. The van der Waals surface area contributed by atoms with Crippen molar-refractivity contribution in [1.29, 1.82) is 0 Å². The predicted molar refractivity (Wildman–Crippen MR) is 210 cm³/mol. The van der Waals surface area contributed by atoms with E-state index in [4.69, 9.17) is 0 Å². The fourth-order valence-corrected chi connectivity index (χ4v) is 8.21. The SMILES string of the molecule is CC1(C)c2cc(-c3ccc(-c4cnc5ccccc5c4)cc3)ccc2-c2ccc(-c3cccc(-n4c5ccccc5c5ccccc54)c3)cc21. The second kappa shape index (κ2) is 10.9. The third kappa shape index (κ3) is 4.38. The standard InChI is InChI=1S/C48H34N2/c1-48(2)43-28-34(31-18-20-32(21-19-31)37-26-36-10-3-6-15-45(36)49-30-37)22-24-39(43)40-25-23-35(29-44(40)48)33-11-9-12-38(27-33)50-46-16-7-4-13-41(46)42-14-5-8-17-47(42)50/h3-30H,1-2H3. The molecule has 2 aromatic heterocycles. The van der Waals surface area contributed by atoms with E-state index in [1.165, 1.54) is 77.6 Å². The molecule has 236 valence electrons. The maximum absolute atomic E-state index is 4.68. The molecule has 0 spiro atoms. The molecule has 1 aliphatic carbocycles. The summed E-state index contributed by atoms with van der Waals surface area (Å²) >= 11 is 0. The van der Waals surface area contributed by atoms with Gasteiger partial charge in [0.1, 0.15) is 0 Å². The van der Waals surface area contributed by atoms with Crippen molar-refractivity contribution in [2.75, 3.05) is 0 Å². The molecule has 10 rings (SSSR count). The number of hydrogen-bond acceptors (Lipinski definition) is 1. The van der Waals surface area contributed by atoms with Gasteiger partial charge in [0.15, 0.2) is 0 Å². The van der Waals surface area contributed by atoms with Crippen LogP contribution in [-0.4, -0.2) is 9.55 Å². The summed E-state index contributed by atoms with van der Waals surface area (Å²) < 4.78 is 2.40. The number of nitrogens with zero attached hydrogens (tertiary/aromatic N) is 2. The number of aromatic nitrogens is 2. The highest BCUT2D eigenvalue weighted by Crippen LogP contribution is 2.50. The van der Waals surface area contributed by atoms with Gasteiger partial charge in [-0.15, -0.1) is 0 Å². The number of benzene rings is 7. The van der Waals surface area contributed by atoms with Crippen molar-refractivity contribution in [2.24, 2.45) is 0 Å². The van der Waals surface area contributed by atoms with Gasteiger partial charge in [-0.1, -0.05) is 129 Å². The fourth-order valence-electron chi connectivity index (χ4n) is 8.21. The highest BCUT2D eigenvalue weighted by molar-refractivity contribution is 6.09. The molecule has 0 aliphatic heterocycles. The molecule has 2 nitrogen and oxygen atoms in total. The lowest BCUT2D eigenvalue weighted by Gasteiger charge is -2.23. The van der Waals surface area contributed by atoms with E-state index in [-0.39, 0.29) is 5.41 Å². The van der Waals surface area contributed by atoms with Gasteiger partial charge in [-0.05, 0) is 98.6 Å². The lowest BCUT2D eigenvalue weighted by molar-refractivity contribution is 0.661. The molecule has 2 heteroatoms. The highest BCUT2D eigenvalue weighted by atomic mass is 15.0. The second-order valence-electron chi connectivity index (χ2n) is 14.1. The smallest absolute Gasteiger partial charge is 0.0702 e. The zero-order chi connectivity index (χ0) is 33.4. The van der Waals surface area contributed by atoms with Crippen LogP contribution in [0.4, 0.5) is 0 Å². The van der Waals surface area contributed by atoms with Crippen LogP contribution < -0.4 is 0 Å². The van der Waals surface area contributed by atoms with Crippen molar-refractivity contribution >= 4 is 32.7 Å². The van der Waals surface area contributed by atoms with E-state index in [1.54, 1.807) is 0 Å². The number of hydrogen-bond donors (Lipinski definition) is 0. The topological polar surface area (TPSA) is 17.8 Å². The normalized spacial score (nSPS) is 13.2. The molecule has 0 amide bonds. The van der Waals surface area contributed by atoms with Gasteiger partial charge in [-0.3, -0.25) is 4.98 Å². The van der Waals surface area contributed by atoms with Gasteiger partial charge in [-0.25, -0.2) is 0 Å². The van der Waals surface area contributed by atoms with E-state index in [1.807, 2.05) is 12.3 Å². The third-order valence-electron chi connectivity index (χ3n) is 10.8. The molecule has 0 atom stereocenters. The maximum Gasteiger partial charge on any atom is 0.0702 e. The Hall–Kier alpha value is -6.25. The minimum atomic E-state index is -0.127. The Balaban J connectivity index is 0.990. The van der Waals surface area contributed by atoms with Crippen molar-refractivity contribution in [1.82, 2.24) is 9.55 Å². The van der Waals surface area contributed by atoms with Crippen LogP contribution >= 0.6 is 0 Å². The van der Waals surface area contributed by atoms with Gasteiger partial charge in [0.2, 0.25) is 0 Å². The Bertz CT molecular complexity index is 2730. The minimum Gasteiger partial charge on any atom is -0.309 e. The van der Waals surface area contributed by atoms with Gasteiger partial charge in [0.05, 0.1) is 16.6 Å². The van der Waals surface area contributed by atoms with Gasteiger partial charge in [0, 0.05) is 39.0 Å². The molecule has 50 heavy (non-hydrogen) atoms. The molecule has 2 heterocycles. The summed E-state index contributed by atoms with van der Waals surface area (Å²) in [4.78, 5) is 4.68. The quantitative estimate of drug-likeness (QED) is 0.188. The molecule has 0 N–H and O–H groups in total. The molecule has 7 aromatic carbocycles. The molecule has 0 saturated carbocycles. The monoisotopic (exact) mass is 638 g/mol. The number of fused-ring (bicyclic) bond motifs is 7. The van der Waals surface area contributed by atoms with Gasteiger partial charge in [-0.2, -0.15) is 0 Å². The Labute approximate surface area is 291 Å². The van der Waals surface area contributed by atoms with Crippen LogP contribution in [0.5, 0.6) is 0 Å². The molecule has 9 aromatic rings. The number of pyridine rings is 1. The lowest BCUT2D eigenvalue weighted by atomic mass is 9.81. The first-order valence-electron chi connectivity index (χ1n) is 17.4. The highest BCUT2D eigenvalue weighted by Gasteiger charge is 2.36. The molecule has 0 saturated heterocycles. The zero-order valence-electron chi connectivity index (χ0n) is 28.1. The fraction of sp³-hybridized carbons (Fsp3) is 0.0625. The average Bonchev–Trinajstić information content (AvgIpc) is 3.63. The molecule has 0 radical (unpaired) electrons. The first-order valence-corrected chi connectivity index (χ1v) is 17.4. The molecule has 0 fully saturated rings. The van der Waals surface area contributed by atoms with Crippen LogP contribution in [0.3, 0.4) is 0 Å². The average molecular weight is 639 g/mol. The Morgan fingerprint density at radius 1 is 0.440 bits per heavy atom. The summed E-state index contributed by atoms with van der Waals surface area (Å²) in [5.74, 6) is 0. The third-order valence-corrected chi connectivity index (χ3v) is 10.8. The summed E-state index contributed by atoms with van der Waals surface area (Å²) in [5, 5.41) is 3.72. The predicted octanol–water partition coefficient (Wildman–Crippen LogP) is 12.6. The largest absolute Gasteiger partial charge is 0.309 e. The van der Waals surface area contributed by atoms with Crippen molar-refractivity contribution in [3.63, 3.8) is 0 Å². The van der Waals surface area contributed by atoms with Crippen molar-refractivity contribution < 1.29 is 0 Å². The van der Waals surface area contributed by atoms with E-state index in [0.29, 0.717) is 0 Å². The molecule has 0 bridgehead atoms. The van der Waals surface area contributed by atoms with Crippen LogP contribution in [0.25, 0.3) is 82.9 Å². The summed E-state index contributed by atoms with van der Waals surface area (Å²) in [6, 6.07) is 59.9. The van der Waals surface area contributed by atoms with Gasteiger partial charge >= 0.3 is 0 Å². The van der Waals surface area contributed by atoms with Crippen molar-refractivity contribution in [3.05, 3.63) is 181 Å². The van der Waals surface area contributed by atoms with E-state index in [0.717, 1.165) is 16.5 Å². The minimum absolute atomic E-state index is 0.127. The Kier molecular flexibility index (Phi) is 6.25. The van der Waals surface area contributed by atoms with Crippen LogP contribution in [0.15, 0.2) is 170 Å². The first-order chi connectivity index (χ1) is 24.5. The van der Waals surface area contributed by atoms with E-state index in [2.05, 4.69) is 181 Å². The molecule has 0 unspecified atom stereocenters. The summed E-state index contributed by atoms with van der Waals surface area (Å²) in [5.41, 5.74) is 17.2. The first kappa shape index (κ1) is 28.7. The van der Waals surface area contributed by atoms with Crippen LogP contribution in [0.2, 0.25) is 0 Å². The van der Waals surface area contributed by atoms with Gasteiger partial charge < -0.3 is 4.57 Å². The molecular formula is C48H34N2. The second-order valence-corrected chi connectivity index (χ2v) is 14.1. The zero-order valence-corrected chi connectivity index (χ0v) is 28.1. The van der Waals surface area contributed by atoms with Crippen LogP contribution in [0.1, 0.15) is 25.0 Å². The summed E-state index contributed by atoms with van der Waals surface area (Å²) in [7, 11) is 0. The number of rotatable bonds is 4. The number of para-hydroxylation sites is 3. The van der Waals surface area contributed by atoms with E-state index >= 15 is 0 Å². The van der Waals surface area contributed by atoms with Crippen molar-refractivity contribution in [2.45, 2.75) is 19.3 Å². The van der Waals surface area contributed by atoms with E-state index < -0.39 is 0 Å². The van der Waals surface area contributed by atoms with E-state index in [9.17, 15) is 0 Å². The summed E-state index contributed by atoms with van der Waals surface area (Å²) in [6.45, 7) is 4.74. The van der Waals surface area contributed by atoms with Crippen LogP contribution in [0, 0.1) is 0 Å². The summed E-state index contributed by atoms with van der Waals surface area (Å²) in [6.07, 6.45) is 1.97.